The molecule has 0 unspecified atom stereocenters. The average Bonchev–Trinajstić information content (AvgIpc) is 2.82. The highest BCUT2D eigenvalue weighted by atomic mass is 16.7. The molecular formula is C31H62O3. The Morgan fingerprint density at radius 2 is 0.794 bits per heavy atom. The second-order valence-electron chi connectivity index (χ2n) is 11.0. The van der Waals surface area contributed by atoms with Crippen molar-refractivity contribution in [2.75, 3.05) is 6.61 Å². The van der Waals surface area contributed by atoms with Gasteiger partial charge in [0.15, 0.2) is 0 Å². The van der Waals surface area contributed by atoms with Gasteiger partial charge in [0.25, 0.3) is 0 Å². The minimum atomic E-state index is -1.14. The molecule has 0 spiro atoms. The van der Waals surface area contributed by atoms with Gasteiger partial charge in [-0.05, 0) is 37.5 Å². The molecule has 0 aromatic rings. The summed E-state index contributed by atoms with van der Waals surface area (Å²) in [5.74, 6) is 0. The number of rotatable bonds is 27. The zero-order valence-corrected chi connectivity index (χ0v) is 23.6. The van der Waals surface area contributed by atoms with Crippen molar-refractivity contribution in [3.8, 4) is 0 Å². The lowest BCUT2D eigenvalue weighted by Crippen LogP contribution is -2.21. The third-order valence-corrected chi connectivity index (χ3v) is 7.76. The third kappa shape index (κ3) is 21.8. The largest absolute Gasteiger partial charge is 0.505 e. The van der Waals surface area contributed by atoms with Crippen molar-refractivity contribution < 1.29 is 14.6 Å². The van der Waals surface area contributed by atoms with E-state index >= 15 is 0 Å². The molecule has 0 fully saturated rings. The predicted molar refractivity (Wildman–Crippen MR) is 149 cm³/mol. The van der Waals surface area contributed by atoms with Crippen LogP contribution >= 0.6 is 0 Å². The summed E-state index contributed by atoms with van der Waals surface area (Å²) in [6, 6.07) is 0. The first-order valence-corrected chi connectivity index (χ1v) is 15.5. The van der Waals surface area contributed by atoms with Crippen LogP contribution in [0.1, 0.15) is 181 Å². The molecule has 0 aromatic carbocycles. The molecule has 3 heteroatoms. The highest BCUT2D eigenvalue weighted by Gasteiger charge is 2.28. The Labute approximate surface area is 214 Å². The van der Waals surface area contributed by atoms with Crippen LogP contribution in [0.25, 0.3) is 0 Å². The predicted octanol–water partition coefficient (Wildman–Crippen LogP) is 11.5. The average molecular weight is 483 g/mol. The molecule has 34 heavy (non-hydrogen) atoms. The molecule has 0 rings (SSSR count). The first-order valence-electron chi connectivity index (χ1n) is 15.5. The molecule has 0 saturated carbocycles. The Morgan fingerprint density at radius 1 is 0.500 bits per heavy atom. The van der Waals surface area contributed by atoms with Gasteiger partial charge in [0.05, 0.1) is 6.61 Å². The summed E-state index contributed by atoms with van der Waals surface area (Å²) in [5.41, 5.74) is 0.522. The van der Waals surface area contributed by atoms with Crippen LogP contribution in [0.4, 0.5) is 4.79 Å². The van der Waals surface area contributed by atoms with E-state index in [0.717, 1.165) is 12.8 Å². The van der Waals surface area contributed by atoms with Gasteiger partial charge in [-0.2, -0.15) is 0 Å². The summed E-state index contributed by atoms with van der Waals surface area (Å²) in [4.78, 5) is 10.6. The lowest BCUT2D eigenvalue weighted by molar-refractivity contribution is 0.0891. The molecule has 0 aliphatic heterocycles. The number of hydrogen-bond acceptors (Lipinski definition) is 2. The van der Waals surface area contributed by atoms with E-state index in [2.05, 4.69) is 20.8 Å². The summed E-state index contributed by atoms with van der Waals surface area (Å²) >= 11 is 0. The number of ether oxygens (including phenoxy) is 1. The zero-order chi connectivity index (χ0) is 25.2. The number of carboxylic acid groups (broad SMARTS) is 1. The van der Waals surface area contributed by atoms with Gasteiger partial charge in [-0.15, -0.1) is 0 Å². The minimum absolute atomic E-state index is 0.356. The fraction of sp³-hybridized carbons (Fsp3) is 0.968. The standard InChI is InChI=1S/C31H62O3/c1-4-7-10-13-16-20-25-31(26-21-17-14-11-8-5-2,27-22-18-15-12-9-6-3)28-23-19-24-29-34-30(32)33/h4-29H2,1-3H3,(H,32,33). The molecule has 3 nitrogen and oxygen atoms in total. The van der Waals surface area contributed by atoms with Gasteiger partial charge in [-0.1, -0.05) is 149 Å². The van der Waals surface area contributed by atoms with Crippen molar-refractivity contribution in [1.29, 1.82) is 0 Å². The van der Waals surface area contributed by atoms with E-state index in [1.54, 1.807) is 0 Å². The third-order valence-electron chi connectivity index (χ3n) is 7.76. The Bertz CT molecular complexity index is 380. The Hall–Kier alpha value is -0.730. The van der Waals surface area contributed by atoms with Crippen LogP contribution in [-0.2, 0) is 4.74 Å². The zero-order valence-electron chi connectivity index (χ0n) is 23.6. The Kier molecular flexibility index (Phi) is 24.8. The number of hydrogen-bond donors (Lipinski definition) is 1. The lowest BCUT2D eigenvalue weighted by Gasteiger charge is -2.35. The summed E-state index contributed by atoms with van der Waals surface area (Å²) in [5, 5.41) is 8.70. The highest BCUT2D eigenvalue weighted by molar-refractivity contribution is 5.56. The van der Waals surface area contributed by atoms with Crippen molar-refractivity contribution >= 4 is 6.16 Å². The van der Waals surface area contributed by atoms with Crippen LogP contribution in [0.2, 0.25) is 0 Å². The molecule has 0 aliphatic carbocycles. The maximum absolute atomic E-state index is 10.6. The van der Waals surface area contributed by atoms with Crippen LogP contribution in [0.3, 0.4) is 0 Å². The van der Waals surface area contributed by atoms with E-state index in [1.165, 1.54) is 148 Å². The van der Waals surface area contributed by atoms with Crippen LogP contribution < -0.4 is 0 Å². The molecule has 0 bridgehead atoms. The molecule has 0 radical (unpaired) electrons. The Morgan fingerprint density at radius 3 is 1.12 bits per heavy atom. The highest BCUT2D eigenvalue weighted by Crippen LogP contribution is 2.42. The molecule has 1 N–H and O–H groups in total. The van der Waals surface area contributed by atoms with Crippen molar-refractivity contribution in [2.45, 2.75) is 181 Å². The van der Waals surface area contributed by atoms with Crippen molar-refractivity contribution in [1.82, 2.24) is 0 Å². The van der Waals surface area contributed by atoms with Gasteiger partial charge < -0.3 is 9.84 Å². The van der Waals surface area contributed by atoms with Crippen LogP contribution in [0.15, 0.2) is 0 Å². The first-order chi connectivity index (χ1) is 16.6. The summed E-state index contributed by atoms with van der Waals surface area (Å²) in [7, 11) is 0. The SMILES string of the molecule is CCCCCCCCC(CCCCCCCC)(CCCCCCCC)CCCCCOC(=O)O. The quantitative estimate of drug-likeness (QED) is 0.0935. The van der Waals surface area contributed by atoms with Crippen molar-refractivity contribution in [3.05, 3.63) is 0 Å². The maximum atomic E-state index is 10.6. The first kappa shape index (κ1) is 33.3. The number of carbonyl (C=O) groups is 1. The van der Waals surface area contributed by atoms with Crippen LogP contribution in [-0.4, -0.2) is 17.9 Å². The lowest BCUT2D eigenvalue weighted by atomic mass is 9.70. The molecule has 0 saturated heterocycles. The normalized spacial score (nSPS) is 11.7. The molecule has 0 heterocycles. The van der Waals surface area contributed by atoms with E-state index in [0.29, 0.717) is 12.0 Å². The van der Waals surface area contributed by atoms with Gasteiger partial charge in [-0.3, -0.25) is 0 Å². The molecule has 0 aliphatic rings. The Balaban J connectivity index is 4.79. The van der Waals surface area contributed by atoms with E-state index < -0.39 is 6.16 Å². The fourth-order valence-corrected chi connectivity index (χ4v) is 5.53. The van der Waals surface area contributed by atoms with Gasteiger partial charge >= 0.3 is 6.16 Å². The molecule has 0 aromatic heterocycles. The van der Waals surface area contributed by atoms with E-state index in [-0.39, 0.29) is 0 Å². The maximum Gasteiger partial charge on any atom is 0.505 e. The second-order valence-corrected chi connectivity index (χ2v) is 11.0. The smallest absolute Gasteiger partial charge is 0.450 e. The van der Waals surface area contributed by atoms with E-state index in [4.69, 9.17) is 9.84 Å². The number of unbranched alkanes of at least 4 members (excludes halogenated alkanes) is 17. The van der Waals surface area contributed by atoms with Gasteiger partial charge in [-0.25, -0.2) is 4.79 Å². The van der Waals surface area contributed by atoms with Crippen LogP contribution in [0, 0.1) is 5.41 Å². The summed E-state index contributed by atoms with van der Waals surface area (Å²) in [6.45, 7) is 7.25. The molecular weight excluding hydrogens is 420 g/mol. The summed E-state index contributed by atoms with van der Waals surface area (Å²) in [6.07, 6.45) is 32.6. The monoisotopic (exact) mass is 482 g/mol. The fourth-order valence-electron chi connectivity index (χ4n) is 5.53. The summed E-state index contributed by atoms with van der Waals surface area (Å²) < 4.78 is 4.73. The molecule has 0 atom stereocenters. The van der Waals surface area contributed by atoms with Crippen molar-refractivity contribution in [2.24, 2.45) is 5.41 Å². The van der Waals surface area contributed by atoms with Crippen molar-refractivity contribution in [3.63, 3.8) is 0 Å². The van der Waals surface area contributed by atoms with E-state index in [9.17, 15) is 4.79 Å². The second kappa shape index (κ2) is 25.4. The van der Waals surface area contributed by atoms with Crippen LogP contribution in [0.5, 0.6) is 0 Å². The van der Waals surface area contributed by atoms with Gasteiger partial charge in [0, 0.05) is 0 Å². The van der Waals surface area contributed by atoms with E-state index in [1.807, 2.05) is 0 Å². The molecule has 204 valence electrons. The van der Waals surface area contributed by atoms with Gasteiger partial charge in [0.2, 0.25) is 0 Å². The molecule has 0 amide bonds. The van der Waals surface area contributed by atoms with Gasteiger partial charge in [0.1, 0.15) is 0 Å². The minimum Gasteiger partial charge on any atom is -0.450 e. The topological polar surface area (TPSA) is 46.5 Å².